The quantitative estimate of drug-likeness (QED) is 0.512. The summed E-state index contributed by atoms with van der Waals surface area (Å²) in [7, 11) is 0. The van der Waals surface area contributed by atoms with Crippen molar-refractivity contribution in [2.24, 2.45) is 5.10 Å². The lowest BCUT2D eigenvalue weighted by molar-refractivity contribution is -0.115. The summed E-state index contributed by atoms with van der Waals surface area (Å²) in [6.45, 7) is 1.67. The summed E-state index contributed by atoms with van der Waals surface area (Å²) in [4.78, 5) is 24.1. The zero-order chi connectivity index (χ0) is 19.1. The standard InChI is InChI=1S/C21H19N3O3/c1-15(23-24-21(26)19-12-7-13-27-19)14-20(25)22-18-11-6-5-10-17(18)16-8-3-2-4-9-16/h2-13H,14H2,1H3,(H,22,25)(H,24,26). The first kappa shape index (κ1) is 18.1. The van der Waals surface area contributed by atoms with Gasteiger partial charge in [-0.15, -0.1) is 0 Å². The summed E-state index contributed by atoms with van der Waals surface area (Å²) < 4.78 is 4.98. The van der Waals surface area contributed by atoms with Crippen LogP contribution in [-0.4, -0.2) is 17.5 Å². The molecular weight excluding hydrogens is 342 g/mol. The molecule has 0 aliphatic rings. The Kier molecular flexibility index (Phi) is 5.79. The topological polar surface area (TPSA) is 83.7 Å². The maximum absolute atomic E-state index is 12.4. The monoisotopic (exact) mass is 361 g/mol. The highest BCUT2D eigenvalue weighted by atomic mass is 16.3. The average Bonchev–Trinajstić information content (AvgIpc) is 3.22. The van der Waals surface area contributed by atoms with E-state index in [1.807, 2.05) is 54.6 Å². The maximum atomic E-state index is 12.4. The fourth-order valence-corrected chi connectivity index (χ4v) is 2.54. The molecule has 27 heavy (non-hydrogen) atoms. The molecule has 3 rings (SSSR count). The van der Waals surface area contributed by atoms with Crippen LogP contribution in [-0.2, 0) is 4.79 Å². The van der Waals surface area contributed by atoms with Crippen LogP contribution in [0.1, 0.15) is 23.9 Å². The first-order chi connectivity index (χ1) is 13.1. The van der Waals surface area contributed by atoms with Gasteiger partial charge < -0.3 is 9.73 Å². The van der Waals surface area contributed by atoms with Gasteiger partial charge in [-0.1, -0.05) is 48.5 Å². The number of amides is 2. The van der Waals surface area contributed by atoms with Gasteiger partial charge >= 0.3 is 5.91 Å². The van der Waals surface area contributed by atoms with Gasteiger partial charge in [0, 0.05) is 17.0 Å². The lowest BCUT2D eigenvalue weighted by Gasteiger charge is -2.11. The van der Waals surface area contributed by atoms with Gasteiger partial charge in [-0.2, -0.15) is 5.10 Å². The predicted octanol–water partition coefficient (Wildman–Crippen LogP) is 4.08. The van der Waals surface area contributed by atoms with Gasteiger partial charge in [-0.05, 0) is 30.7 Å². The Hall–Kier alpha value is -3.67. The largest absolute Gasteiger partial charge is 0.459 e. The molecule has 0 bridgehead atoms. The van der Waals surface area contributed by atoms with Crippen LogP contribution in [0.25, 0.3) is 11.1 Å². The third kappa shape index (κ3) is 4.92. The summed E-state index contributed by atoms with van der Waals surface area (Å²) in [5.41, 5.74) is 5.52. The average molecular weight is 361 g/mol. The van der Waals surface area contributed by atoms with E-state index < -0.39 is 5.91 Å². The van der Waals surface area contributed by atoms with Crippen LogP contribution in [0.2, 0.25) is 0 Å². The number of hydrogen-bond acceptors (Lipinski definition) is 4. The highest BCUT2D eigenvalue weighted by Gasteiger charge is 2.11. The van der Waals surface area contributed by atoms with E-state index in [0.717, 1.165) is 16.8 Å². The molecule has 0 unspecified atom stereocenters. The molecule has 2 aromatic carbocycles. The van der Waals surface area contributed by atoms with Crippen LogP contribution in [0.5, 0.6) is 0 Å². The summed E-state index contributed by atoms with van der Waals surface area (Å²) >= 11 is 0. The number of nitrogens with zero attached hydrogens (tertiary/aromatic N) is 1. The molecule has 1 aromatic heterocycles. The van der Waals surface area contributed by atoms with Crippen LogP contribution in [0, 0.1) is 0 Å². The first-order valence-electron chi connectivity index (χ1n) is 8.45. The molecule has 0 saturated heterocycles. The molecule has 2 N–H and O–H groups in total. The summed E-state index contributed by atoms with van der Waals surface area (Å²) in [5.74, 6) is -0.520. The van der Waals surface area contributed by atoms with Crippen molar-refractivity contribution in [2.45, 2.75) is 13.3 Å². The molecule has 6 heteroatoms. The van der Waals surface area contributed by atoms with Crippen LogP contribution < -0.4 is 10.7 Å². The van der Waals surface area contributed by atoms with Crippen molar-refractivity contribution in [3.63, 3.8) is 0 Å². The number of anilines is 1. The third-order valence-electron chi connectivity index (χ3n) is 3.80. The second kappa shape index (κ2) is 8.62. The molecule has 2 amide bonds. The molecule has 136 valence electrons. The number of rotatable bonds is 6. The van der Waals surface area contributed by atoms with E-state index in [2.05, 4.69) is 15.8 Å². The van der Waals surface area contributed by atoms with E-state index in [0.29, 0.717) is 5.71 Å². The Morgan fingerprint density at radius 3 is 2.44 bits per heavy atom. The molecule has 0 aliphatic heterocycles. The predicted molar refractivity (Wildman–Crippen MR) is 104 cm³/mol. The van der Waals surface area contributed by atoms with Crippen molar-refractivity contribution >= 4 is 23.2 Å². The fraction of sp³-hybridized carbons (Fsp3) is 0.0952. The van der Waals surface area contributed by atoms with Crippen LogP contribution in [0.4, 0.5) is 5.69 Å². The summed E-state index contributed by atoms with van der Waals surface area (Å²) in [5, 5.41) is 6.84. The molecule has 0 atom stereocenters. The molecule has 0 fully saturated rings. The second-order valence-electron chi connectivity index (χ2n) is 5.90. The van der Waals surface area contributed by atoms with Crippen molar-refractivity contribution in [3.05, 3.63) is 78.8 Å². The lowest BCUT2D eigenvalue weighted by atomic mass is 10.0. The van der Waals surface area contributed by atoms with E-state index in [9.17, 15) is 9.59 Å². The minimum Gasteiger partial charge on any atom is -0.459 e. The second-order valence-corrected chi connectivity index (χ2v) is 5.90. The minimum atomic E-state index is -0.464. The molecule has 1 heterocycles. The molecule has 3 aromatic rings. The van der Waals surface area contributed by atoms with E-state index in [-0.39, 0.29) is 18.1 Å². The third-order valence-corrected chi connectivity index (χ3v) is 3.80. The van der Waals surface area contributed by atoms with Crippen molar-refractivity contribution in [2.75, 3.05) is 5.32 Å². The lowest BCUT2D eigenvalue weighted by Crippen LogP contribution is -2.21. The van der Waals surface area contributed by atoms with Gasteiger partial charge in [-0.3, -0.25) is 9.59 Å². The van der Waals surface area contributed by atoms with Crippen molar-refractivity contribution < 1.29 is 14.0 Å². The number of carbonyl (C=O) groups excluding carboxylic acids is 2. The van der Waals surface area contributed by atoms with E-state index in [4.69, 9.17) is 4.42 Å². The van der Waals surface area contributed by atoms with E-state index in [1.165, 1.54) is 12.3 Å². The normalized spacial score (nSPS) is 11.1. The van der Waals surface area contributed by atoms with E-state index in [1.54, 1.807) is 13.0 Å². The fourth-order valence-electron chi connectivity index (χ4n) is 2.54. The highest BCUT2D eigenvalue weighted by molar-refractivity contribution is 6.07. The van der Waals surface area contributed by atoms with Gasteiger partial charge in [0.15, 0.2) is 5.76 Å². The van der Waals surface area contributed by atoms with Crippen molar-refractivity contribution in [1.82, 2.24) is 5.43 Å². The number of carbonyl (C=O) groups is 2. The van der Waals surface area contributed by atoms with Crippen molar-refractivity contribution in [3.8, 4) is 11.1 Å². The zero-order valence-electron chi connectivity index (χ0n) is 14.8. The Morgan fingerprint density at radius 2 is 1.70 bits per heavy atom. The summed E-state index contributed by atoms with van der Waals surface area (Å²) in [6, 6.07) is 20.6. The SMILES string of the molecule is CC(CC(=O)Nc1ccccc1-c1ccccc1)=NNC(=O)c1ccco1. The van der Waals surface area contributed by atoms with Gasteiger partial charge in [0.2, 0.25) is 5.91 Å². The Morgan fingerprint density at radius 1 is 0.963 bits per heavy atom. The molecule has 0 aliphatic carbocycles. The van der Waals surface area contributed by atoms with Crippen molar-refractivity contribution in [1.29, 1.82) is 0 Å². The number of hydrazone groups is 1. The van der Waals surface area contributed by atoms with Gasteiger partial charge in [-0.25, -0.2) is 5.43 Å². The molecule has 0 saturated carbocycles. The summed E-state index contributed by atoms with van der Waals surface area (Å²) in [6.07, 6.45) is 1.46. The van der Waals surface area contributed by atoms with E-state index >= 15 is 0 Å². The highest BCUT2D eigenvalue weighted by Crippen LogP contribution is 2.27. The first-order valence-corrected chi connectivity index (χ1v) is 8.45. The molecule has 6 nitrogen and oxygen atoms in total. The Labute approximate surface area is 156 Å². The van der Waals surface area contributed by atoms with Crippen LogP contribution in [0.3, 0.4) is 0 Å². The van der Waals surface area contributed by atoms with Gasteiger partial charge in [0.1, 0.15) is 0 Å². The number of benzene rings is 2. The molecular formula is C21H19N3O3. The Balaban J connectivity index is 1.63. The van der Waals surface area contributed by atoms with Crippen LogP contribution in [0.15, 0.2) is 82.5 Å². The molecule has 0 spiro atoms. The zero-order valence-corrected chi connectivity index (χ0v) is 14.8. The Bertz CT molecular complexity index is 948. The minimum absolute atomic E-state index is 0.0571. The molecule has 0 radical (unpaired) electrons. The number of para-hydroxylation sites is 1. The maximum Gasteiger partial charge on any atom is 0.307 e. The number of nitrogens with one attached hydrogen (secondary N) is 2. The van der Waals surface area contributed by atoms with Gasteiger partial charge in [0.25, 0.3) is 0 Å². The smallest absolute Gasteiger partial charge is 0.307 e. The number of hydrogen-bond donors (Lipinski definition) is 2. The van der Waals surface area contributed by atoms with Gasteiger partial charge in [0.05, 0.1) is 12.7 Å². The number of furan rings is 1. The van der Waals surface area contributed by atoms with Crippen LogP contribution >= 0.6 is 0 Å².